The number of aryl methyl sites for hydroxylation is 1. The van der Waals surface area contributed by atoms with E-state index in [-0.39, 0.29) is 6.42 Å². The number of hydrogen-bond acceptors (Lipinski definition) is 3. The first kappa shape index (κ1) is 11.7. The molecule has 0 radical (unpaired) electrons. The van der Waals surface area contributed by atoms with Crippen LogP contribution < -0.4 is 5.73 Å². The van der Waals surface area contributed by atoms with Crippen LogP contribution in [0.5, 0.6) is 0 Å². The molecule has 4 nitrogen and oxygen atoms in total. The van der Waals surface area contributed by atoms with Gasteiger partial charge >= 0.3 is 5.97 Å². The van der Waals surface area contributed by atoms with Gasteiger partial charge in [0.1, 0.15) is 0 Å². The van der Waals surface area contributed by atoms with E-state index in [9.17, 15) is 9.90 Å². The molecule has 0 fully saturated rings. The summed E-state index contributed by atoms with van der Waals surface area (Å²) in [6, 6.07) is 6.70. The number of aliphatic hydroxyl groups excluding tert-OH is 1. The average molecular weight is 209 g/mol. The van der Waals surface area contributed by atoms with Gasteiger partial charge in [-0.25, -0.2) is 0 Å². The van der Waals surface area contributed by atoms with Crippen molar-refractivity contribution in [1.29, 1.82) is 0 Å². The second-order valence-corrected chi connectivity index (χ2v) is 3.60. The highest BCUT2D eigenvalue weighted by Crippen LogP contribution is 2.16. The maximum atomic E-state index is 10.4. The smallest absolute Gasteiger partial charge is 0.306 e. The summed E-state index contributed by atoms with van der Waals surface area (Å²) in [4.78, 5) is 10.4. The number of carboxylic acid groups (broad SMARTS) is 1. The Bertz CT molecular complexity index is 334. The van der Waals surface area contributed by atoms with Crippen molar-refractivity contribution in [3.8, 4) is 0 Å². The molecule has 0 heterocycles. The zero-order valence-corrected chi connectivity index (χ0v) is 8.55. The lowest BCUT2D eigenvalue weighted by molar-refractivity contribution is -0.139. The van der Waals surface area contributed by atoms with Gasteiger partial charge in [0.05, 0.1) is 18.6 Å². The van der Waals surface area contributed by atoms with E-state index in [0.717, 1.165) is 11.1 Å². The Hall–Kier alpha value is -1.39. The standard InChI is InChI=1S/C11H15NO3/c1-7-2-4-8(5-3-7)11(12)9(13)6-10(14)15/h2-5,9,11,13H,6,12H2,1H3,(H,14,15)/t9-,11+/m1/s1. The Kier molecular flexibility index (Phi) is 3.82. The van der Waals surface area contributed by atoms with Crippen molar-refractivity contribution in [3.63, 3.8) is 0 Å². The molecule has 0 bridgehead atoms. The molecule has 0 amide bonds. The van der Waals surface area contributed by atoms with Gasteiger partial charge in [-0.05, 0) is 12.5 Å². The predicted molar refractivity (Wildman–Crippen MR) is 56.4 cm³/mol. The lowest BCUT2D eigenvalue weighted by atomic mass is 9.99. The van der Waals surface area contributed by atoms with Crippen LogP contribution in [-0.2, 0) is 4.79 Å². The fraction of sp³-hybridized carbons (Fsp3) is 0.364. The highest BCUT2D eigenvalue weighted by Gasteiger charge is 2.19. The summed E-state index contributed by atoms with van der Waals surface area (Å²) in [6.45, 7) is 1.95. The van der Waals surface area contributed by atoms with Gasteiger partial charge in [0.2, 0.25) is 0 Å². The van der Waals surface area contributed by atoms with Crippen LogP contribution in [0.25, 0.3) is 0 Å². The fourth-order valence-electron chi connectivity index (χ4n) is 1.32. The van der Waals surface area contributed by atoms with Crippen molar-refractivity contribution in [2.45, 2.75) is 25.5 Å². The summed E-state index contributed by atoms with van der Waals surface area (Å²) < 4.78 is 0. The molecule has 4 heteroatoms. The van der Waals surface area contributed by atoms with Crippen LogP contribution in [0, 0.1) is 6.92 Å². The van der Waals surface area contributed by atoms with E-state index in [0.29, 0.717) is 0 Å². The minimum Gasteiger partial charge on any atom is -0.481 e. The Morgan fingerprint density at radius 3 is 2.40 bits per heavy atom. The van der Waals surface area contributed by atoms with Crippen LogP contribution in [0.1, 0.15) is 23.6 Å². The van der Waals surface area contributed by atoms with Crippen LogP contribution >= 0.6 is 0 Å². The number of aliphatic carboxylic acids is 1. The van der Waals surface area contributed by atoms with E-state index < -0.39 is 18.1 Å². The molecular formula is C11H15NO3. The van der Waals surface area contributed by atoms with Gasteiger partial charge < -0.3 is 15.9 Å². The van der Waals surface area contributed by atoms with E-state index in [1.54, 1.807) is 12.1 Å². The van der Waals surface area contributed by atoms with Crippen molar-refractivity contribution in [2.75, 3.05) is 0 Å². The van der Waals surface area contributed by atoms with Crippen molar-refractivity contribution < 1.29 is 15.0 Å². The summed E-state index contributed by atoms with van der Waals surface area (Å²) >= 11 is 0. The average Bonchev–Trinajstić information content (AvgIpc) is 2.17. The Balaban J connectivity index is 2.71. The molecule has 0 spiro atoms. The molecular weight excluding hydrogens is 194 g/mol. The predicted octanol–water partition coefficient (Wildman–Crippen LogP) is 0.830. The molecule has 2 atom stereocenters. The van der Waals surface area contributed by atoms with Crippen molar-refractivity contribution in [3.05, 3.63) is 35.4 Å². The summed E-state index contributed by atoms with van der Waals surface area (Å²) in [6.07, 6.45) is -1.39. The Labute approximate surface area is 88.3 Å². The molecule has 0 saturated heterocycles. The highest BCUT2D eigenvalue weighted by molar-refractivity contribution is 5.67. The van der Waals surface area contributed by atoms with E-state index in [4.69, 9.17) is 10.8 Å². The molecule has 0 aliphatic rings. The zero-order valence-electron chi connectivity index (χ0n) is 8.55. The van der Waals surface area contributed by atoms with Gasteiger partial charge in [0.25, 0.3) is 0 Å². The van der Waals surface area contributed by atoms with Crippen molar-refractivity contribution in [1.82, 2.24) is 0 Å². The minimum absolute atomic E-state index is 0.338. The van der Waals surface area contributed by atoms with E-state index in [1.807, 2.05) is 19.1 Å². The first-order valence-electron chi connectivity index (χ1n) is 4.72. The van der Waals surface area contributed by atoms with Gasteiger partial charge in [-0.2, -0.15) is 0 Å². The van der Waals surface area contributed by atoms with E-state index in [1.165, 1.54) is 0 Å². The highest BCUT2D eigenvalue weighted by atomic mass is 16.4. The third kappa shape index (κ3) is 3.34. The fourth-order valence-corrected chi connectivity index (χ4v) is 1.32. The second kappa shape index (κ2) is 4.91. The maximum Gasteiger partial charge on any atom is 0.306 e. The SMILES string of the molecule is Cc1ccc([C@H](N)[C@H](O)CC(=O)O)cc1. The largest absolute Gasteiger partial charge is 0.481 e. The van der Waals surface area contributed by atoms with E-state index >= 15 is 0 Å². The molecule has 1 rings (SSSR count). The molecule has 4 N–H and O–H groups in total. The number of nitrogens with two attached hydrogens (primary N) is 1. The Morgan fingerprint density at radius 2 is 1.93 bits per heavy atom. The molecule has 0 unspecified atom stereocenters. The number of rotatable bonds is 4. The zero-order chi connectivity index (χ0) is 11.4. The molecule has 82 valence electrons. The van der Waals surface area contributed by atoms with Crippen LogP contribution in [0.2, 0.25) is 0 Å². The molecule has 0 aromatic heterocycles. The van der Waals surface area contributed by atoms with Gasteiger partial charge in [-0.1, -0.05) is 29.8 Å². The molecule has 1 aromatic rings. The monoisotopic (exact) mass is 209 g/mol. The van der Waals surface area contributed by atoms with Crippen molar-refractivity contribution >= 4 is 5.97 Å². The summed E-state index contributed by atoms with van der Waals surface area (Å²) in [5.74, 6) is -1.05. The van der Waals surface area contributed by atoms with Gasteiger partial charge in [-0.15, -0.1) is 0 Å². The number of carbonyl (C=O) groups is 1. The lowest BCUT2D eigenvalue weighted by Crippen LogP contribution is -2.28. The molecule has 0 saturated carbocycles. The topological polar surface area (TPSA) is 83.5 Å². The molecule has 15 heavy (non-hydrogen) atoms. The molecule has 1 aromatic carbocycles. The van der Waals surface area contributed by atoms with Crippen molar-refractivity contribution in [2.24, 2.45) is 5.73 Å². The van der Waals surface area contributed by atoms with Crippen LogP contribution in [-0.4, -0.2) is 22.3 Å². The quantitative estimate of drug-likeness (QED) is 0.685. The number of hydrogen-bond donors (Lipinski definition) is 3. The van der Waals surface area contributed by atoms with Crippen LogP contribution in [0.15, 0.2) is 24.3 Å². The first-order valence-corrected chi connectivity index (χ1v) is 4.72. The molecule has 0 aliphatic heterocycles. The lowest BCUT2D eigenvalue weighted by Gasteiger charge is -2.17. The van der Waals surface area contributed by atoms with E-state index in [2.05, 4.69) is 0 Å². The van der Waals surface area contributed by atoms with Gasteiger partial charge in [0.15, 0.2) is 0 Å². The third-order valence-electron chi connectivity index (χ3n) is 2.26. The van der Waals surface area contributed by atoms with Gasteiger partial charge in [-0.3, -0.25) is 4.79 Å². The number of aliphatic hydroxyl groups is 1. The number of carboxylic acids is 1. The first-order chi connectivity index (χ1) is 7.00. The normalized spacial score (nSPS) is 14.6. The summed E-state index contributed by atoms with van der Waals surface area (Å²) in [7, 11) is 0. The number of benzene rings is 1. The minimum atomic E-state index is -1.05. The van der Waals surface area contributed by atoms with Crippen LogP contribution in [0.4, 0.5) is 0 Å². The van der Waals surface area contributed by atoms with Crippen LogP contribution in [0.3, 0.4) is 0 Å². The van der Waals surface area contributed by atoms with Gasteiger partial charge in [0, 0.05) is 0 Å². The maximum absolute atomic E-state index is 10.4. The third-order valence-corrected chi connectivity index (χ3v) is 2.26. The second-order valence-electron chi connectivity index (χ2n) is 3.60. The summed E-state index contributed by atoms with van der Waals surface area (Å²) in [5.41, 5.74) is 7.56. The Morgan fingerprint density at radius 1 is 1.40 bits per heavy atom. The summed E-state index contributed by atoms with van der Waals surface area (Å²) in [5, 5.41) is 18.0. The molecule has 0 aliphatic carbocycles.